The first-order chi connectivity index (χ1) is 14.8. The van der Waals surface area contributed by atoms with E-state index in [9.17, 15) is 8.42 Å². The monoisotopic (exact) mass is 460 g/mol. The standard InChI is InChI=1S/C19H24N8O2S2/c1-12-5-3-4-6-14(12)21-18-23-15(22-17(20)24-18)10-30-19-26-25-16(27(19)2)9-13-7-8-31(28,29)11-13/h3-6,13H,7-11H2,1-2H3,(H3,20,21,22,23,24)/t13-/m0/s1. The molecule has 1 saturated heterocycles. The first-order valence-corrected chi connectivity index (χ1v) is 12.6. The minimum absolute atomic E-state index is 0.101. The van der Waals surface area contributed by atoms with Gasteiger partial charge < -0.3 is 15.6 Å². The van der Waals surface area contributed by atoms with E-state index in [1.165, 1.54) is 11.8 Å². The van der Waals surface area contributed by atoms with Crippen molar-refractivity contribution in [3.05, 3.63) is 41.5 Å². The van der Waals surface area contributed by atoms with E-state index in [2.05, 4.69) is 30.5 Å². The lowest BCUT2D eigenvalue weighted by Gasteiger charge is -2.09. The average molecular weight is 461 g/mol. The number of nitrogens with zero attached hydrogens (tertiary/aromatic N) is 6. The second-order valence-electron chi connectivity index (χ2n) is 7.59. The van der Waals surface area contributed by atoms with E-state index in [1.54, 1.807) is 0 Å². The number of para-hydroxylation sites is 1. The van der Waals surface area contributed by atoms with Crippen molar-refractivity contribution in [2.45, 2.75) is 30.7 Å². The maximum atomic E-state index is 11.7. The van der Waals surface area contributed by atoms with Crippen LogP contribution in [0.2, 0.25) is 0 Å². The summed E-state index contributed by atoms with van der Waals surface area (Å²) in [5, 5.41) is 12.4. The number of benzene rings is 1. The highest BCUT2D eigenvalue weighted by atomic mass is 32.2. The molecule has 0 unspecified atom stereocenters. The summed E-state index contributed by atoms with van der Waals surface area (Å²) in [5.74, 6) is 2.87. The van der Waals surface area contributed by atoms with Gasteiger partial charge in [-0.05, 0) is 30.9 Å². The molecule has 0 aliphatic carbocycles. The highest BCUT2D eigenvalue weighted by Crippen LogP contribution is 2.25. The number of rotatable bonds is 7. The molecule has 1 aromatic carbocycles. The molecule has 12 heteroatoms. The van der Waals surface area contributed by atoms with E-state index in [1.807, 2.05) is 42.8 Å². The molecule has 4 rings (SSSR count). The highest BCUT2D eigenvalue weighted by molar-refractivity contribution is 7.98. The largest absolute Gasteiger partial charge is 0.368 e. The second kappa shape index (κ2) is 8.79. The molecule has 0 bridgehead atoms. The SMILES string of the molecule is Cc1ccccc1Nc1nc(N)nc(CSc2nnc(C[C@@H]3CCS(=O)(=O)C3)n2C)n1. The molecule has 2 aromatic heterocycles. The maximum Gasteiger partial charge on any atom is 0.232 e. The van der Waals surface area contributed by atoms with Gasteiger partial charge in [-0.2, -0.15) is 15.0 Å². The zero-order chi connectivity index (χ0) is 22.0. The third-order valence-corrected chi connectivity index (χ3v) is 8.00. The maximum absolute atomic E-state index is 11.7. The summed E-state index contributed by atoms with van der Waals surface area (Å²) in [6.45, 7) is 2.00. The van der Waals surface area contributed by atoms with Gasteiger partial charge >= 0.3 is 0 Å². The molecule has 0 amide bonds. The van der Waals surface area contributed by atoms with Gasteiger partial charge in [-0.3, -0.25) is 0 Å². The van der Waals surface area contributed by atoms with Crippen LogP contribution in [0, 0.1) is 12.8 Å². The Balaban J connectivity index is 1.42. The first kappa shape index (κ1) is 21.5. The predicted molar refractivity (Wildman–Crippen MR) is 120 cm³/mol. The van der Waals surface area contributed by atoms with Crippen molar-refractivity contribution in [1.82, 2.24) is 29.7 Å². The molecule has 3 aromatic rings. The zero-order valence-corrected chi connectivity index (χ0v) is 18.9. The Morgan fingerprint density at radius 1 is 1.23 bits per heavy atom. The fourth-order valence-corrected chi connectivity index (χ4v) is 6.11. The number of sulfone groups is 1. The summed E-state index contributed by atoms with van der Waals surface area (Å²) in [4.78, 5) is 12.9. The van der Waals surface area contributed by atoms with Crippen molar-refractivity contribution in [1.29, 1.82) is 0 Å². The van der Waals surface area contributed by atoms with E-state index in [4.69, 9.17) is 5.73 Å². The van der Waals surface area contributed by atoms with Gasteiger partial charge in [0.2, 0.25) is 11.9 Å². The number of hydrogen-bond acceptors (Lipinski definition) is 10. The number of anilines is 3. The molecule has 1 aliphatic rings. The first-order valence-electron chi connectivity index (χ1n) is 9.83. The lowest BCUT2D eigenvalue weighted by Crippen LogP contribution is -2.11. The summed E-state index contributed by atoms with van der Waals surface area (Å²) in [7, 11) is -1.02. The van der Waals surface area contributed by atoms with Crippen LogP contribution in [0.3, 0.4) is 0 Å². The summed E-state index contributed by atoms with van der Waals surface area (Å²) < 4.78 is 25.3. The van der Waals surface area contributed by atoms with Gasteiger partial charge in [-0.1, -0.05) is 30.0 Å². The molecule has 0 spiro atoms. The van der Waals surface area contributed by atoms with Crippen LogP contribution in [0.4, 0.5) is 17.6 Å². The number of aromatic nitrogens is 6. The van der Waals surface area contributed by atoms with Gasteiger partial charge in [0, 0.05) is 19.2 Å². The zero-order valence-electron chi connectivity index (χ0n) is 17.3. The van der Waals surface area contributed by atoms with Gasteiger partial charge in [0.15, 0.2) is 15.0 Å². The van der Waals surface area contributed by atoms with Crippen molar-refractivity contribution in [2.24, 2.45) is 13.0 Å². The fraction of sp³-hybridized carbons (Fsp3) is 0.421. The lowest BCUT2D eigenvalue weighted by atomic mass is 10.1. The Bertz CT molecular complexity index is 1200. The smallest absolute Gasteiger partial charge is 0.232 e. The number of thioether (sulfide) groups is 1. The van der Waals surface area contributed by atoms with Crippen LogP contribution >= 0.6 is 11.8 Å². The van der Waals surface area contributed by atoms with Crippen LogP contribution in [0.5, 0.6) is 0 Å². The third-order valence-electron chi connectivity index (χ3n) is 5.14. The van der Waals surface area contributed by atoms with Crippen LogP contribution in [-0.4, -0.2) is 49.6 Å². The topological polar surface area (TPSA) is 142 Å². The van der Waals surface area contributed by atoms with Crippen LogP contribution in [0.1, 0.15) is 23.6 Å². The van der Waals surface area contributed by atoms with E-state index in [-0.39, 0.29) is 23.4 Å². The van der Waals surface area contributed by atoms with Gasteiger partial charge in [0.1, 0.15) is 11.6 Å². The Labute approximate surface area is 185 Å². The fourth-order valence-electron chi connectivity index (χ4n) is 3.46. The van der Waals surface area contributed by atoms with E-state index >= 15 is 0 Å². The second-order valence-corrected chi connectivity index (χ2v) is 10.8. The molecule has 3 heterocycles. The van der Waals surface area contributed by atoms with Crippen molar-refractivity contribution >= 4 is 39.2 Å². The third kappa shape index (κ3) is 5.31. The molecule has 0 radical (unpaired) electrons. The van der Waals surface area contributed by atoms with E-state index in [0.29, 0.717) is 35.5 Å². The van der Waals surface area contributed by atoms with Crippen molar-refractivity contribution in [3.8, 4) is 0 Å². The Kier molecular flexibility index (Phi) is 6.10. The van der Waals surface area contributed by atoms with Gasteiger partial charge in [0.25, 0.3) is 0 Å². The number of nitrogen functional groups attached to an aromatic ring is 1. The quantitative estimate of drug-likeness (QED) is 0.502. The molecule has 3 N–H and O–H groups in total. The molecule has 10 nitrogen and oxygen atoms in total. The van der Waals surface area contributed by atoms with Crippen LogP contribution in [0.25, 0.3) is 0 Å². The molecule has 1 aliphatic heterocycles. The van der Waals surface area contributed by atoms with Crippen molar-refractivity contribution < 1.29 is 8.42 Å². The minimum atomic E-state index is -2.90. The molecular formula is C19H24N8O2S2. The molecule has 31 heavy (non-hydrogen) atoms. The molecular weight excluding hydrogens is 436 g/mol. The molecule has 164 valence electrons. The van der Waals surface area contributed by atoms with Crippen molar-refractivity contribution in [3.63, 3.8) is 0 Å². The summed E-state index contributed by atoms with van der Waals surface area (Å²) >= 11 is 1.44. The summed E-state index contributed by atoms with van der Waals surface area (Å²) in [6, 6.07) is 7.84. The molecule has 1 fully saturated rings. The normalized spacial score (nSPS) is 17.7. The number of hydrogen-bond donors (Lipinski definition) is 2. The number of aryl methyl sites for hydroxylation is 1. The lowest BCUT2D eigenvalue weighted by molar-refractivity contribution is 0.552. The molecule has 0 saturated carbocycles. The van der Waals surface area contributed by atoms with E-state index < -0.39 is 9.84 Å². The van der Waals surface area contributed by atoms with Crippen LogP contribution < -0.4 is 11.1 Å². The summed E-state index contributed by atoms with van der Waals surface area (Å²) in [5.41, 5.74) is 7.84. The van der Waals surface area contributed by atoms with Gasteiger partial charge in [0.05, 0.1) is 17.3 Å². The Morgan fingerprint density at radius 2 is 2.03 bits per heavy atom. The van der Waals surface area contributed by atoms with Gasteiger partial charge in [-0.25, -0.2) is 8.42 Å². The molecule has 1 atom stereocenters. The van der Waals surface area contributed by atoms with Crippen LogP contribution in [0.15, 0.2) is 29.4 Å². The predicted octanol–water partition coefficient (Wildman–Crippen LogP) is 1.90. The van der Waals surface area contributed by atoms with Crippen LogP contribution in [-0.2, 0) is 29.1 Å². The minimum Gasteiger partial charge on any atom is -0.368 e. The number of nitrogens with two attached hydrogens (primary N) is 1. The number of nitrogens with one attached hydrogen (secondary N) is 1. The van der Waals surface area contributed by atoms with Gasteiger partial charge in [-0.15, -0.1) is 10.2 Å². The van der Waals surface area contributed by atoms with E-state index in [0.717, 1.165) is 17.1 Å². The average Bonchev–Trinajstić information content (AvgIpc) is 3.23. The Hall–Kier alpha value is -2.73. The Morgan fingerprint density at radius 3 is 2.77 bits per heavy atom. The van der Waals surface area contributed by atoms with Crippen molar-refractivity contribution in [2.75, 3.05) is 22.6 Å². The summed E-state index contributed by atoms with van der Waals surface area (Å²) in [6.07, 6.45) is 1.28. The highest BCUT2D eigenvalue weighted by Gasteiger charge is 2.29.